The molecule has 21 heavy (non-hydrogen) atoms. The minimum atomic E-state index is 0.188. The molecule has 0 aliphatic rings. The number of hydrogen-bond acceptors (Lipinski definition) is 4. The van der Waals surface area contributed by atoms with Crippen LogP contribution in [0, 0.1) is 0 Å². The second-order valence-electron chi connectivity index (χ2n) is 5.22. The van der Waals surface area contributed by atoms with Gasteiger partial charge in [0, 0.05) is 17.5 Å². The molecule has 2 aromatic heterocycles. The van der Waals surface area contributed by atoms with Crippen LogP contribution in [0.3, 0.4) is 0 Å². The lowest BCUT2D eigenvalue weighted by Crippen LogP contribution is -2.05. The topological polar surface area (TPSA) is 52.5 Å². The average Bonchev–Trinajstić information content (AvgIpc) is 3.03. The van der Waals surface area contributed by atoms with Crippen LogP contribution in [0.2, 0.25) is 0 Å². The van der Waals surface area contributed by atoms with E-state index < -0.39 is 0 Å². The van der Waals surface area contributed by atoms with E-state index in [1.165, 1.54) is 0 Å². The first kappa shape index (κ1) is 14.1. The zero-order chi connectivity index (χ0) is 14.8. The van der Waals surface area contributed by atoms with E-state index in [4.69, 9.17) is 10.5 Å². The van der Waals surface area contributed by atoms with E-state index in [0.29, 0.717) is 6.54 Å². The maximum absolute atomic E-state index is 5.69. The summed E-state index contributed by atoms with van der Waals surface area (Å²) in [6, 6.07) is 8.20. The van der Waals surface area contributed by atoms with E-state index in [1.807, 2.05) is 32.2 Å². The van der Waals surface area contributed by atoms with Crippen molar-refractivity contribution in [2.24, 2.45) is 5.73 Å². The highest BCUT2D eigenvalue weighted by Crippen LogP contribution is 2.29. The number of nitrogens with two attached hydrogens (primary N) is 1. The highest BCUT2D eigenvalue weighted by molar-refractivity contribution is 7.15. The Balaban J connectivity index is 1.98. The van der Waals surface area contributed by atoms with Gasteiger partial charge >= 0.3 is 0 Å². The highest BCUT2D eigenvalue weighted by Gasteiger charge is 2.11. The Labute approximate surface area is 128 Å². The first-order chi connectivity index (χ1) is 10.2. The Morgan fingerprint density at radius 3 is 2.71 bits per heavy atom. The molecule has 2 heterocycles. The van der Waals surface area contributed by atoms with E-state index in [2.05, 4.69) is 26.9 Å². The van der Waals surface area contributed by atoms with Crippen molar-refractivity contribution in [3.63, 3.8) is 0 Å². The molecule has 4 nitrogen and oxygen atoms in total. The molecule has 0 fully saturated rings. The number of ether oxygens (including phenoxy) is 1. The molecule has 1 aromatic carbocycles. The number of benzene rings is 1. The van der Waals surface area contributed by atoms with Crippen LogP contribution in [-0.2, 0) is 6.42 Å². The highest BCUT2D eigenvalue weighted by atomic mass is 32.1. The van der Waals surface area contributed by atoms with Crippen LogP contribution >= 0.6 is 11.3 Å². The van der Waals surface area contributed by atoms with Gasteiger partial charge in [-0.1, -0.05) is 0 Å². The predicted molar refractivity (Wildman–Crippen MR) is 87.0 cm³/mol. The maximum atomic E-state index is 5.69. The van der Waals surface area contributed by atoms with Crippen molar-refractivity contribution in [2.75, 3.05) is 6.54 Å². The molecular weight excluding hydrogens is 282 g/mol. The van der Waals surface area contributed by atoms with Crippen molar-refractivity contribution in [3.8, 4) is 17.0 Å². The van der Waals surface area contributed by atoms with Gasteiger partial charge in [-0.15, -0.1) is 11.3 Å². The Morgan fingerprint density at radius 1 is 1.29 bits per heavy atom. The van der Waals surface area contributed by atoms with Gasteiger partial charge < -0.3 is 10.5 Å². The smallest absolute Gasteiger partial charge is 0.194 e. The molecule has 0 aliphatic heterocycles. The minimum Gasteiger partial charge on any atom is -0.491 e. The number of nitrogens with zero attached hydrogens (tertiary/aromatic N) is 2. The molecule has 0 unspecified atom stereocenters. The van der Waals surface area contributed by atoms with Crippen molar-refractivity contribution >= 4 is 16.3 Å². The summed E-state index contributed by atoms with van der Waals surface area (Å²) in [5.74, 6) is 0.896. The molecule has 0 radical (unpaired) electrons. The van der Waals surface area contributed by atoms with Gasteiger partial charge in [-0.2, -0.15) is 0 Å². The Morgan fingerprint density at radius 2 is 2.05 bits per heavy atom. The molecule has 2 N–H and O–H groups in total. The van der Waals surface area contributed by atoms with Gasteiger partial charge in [-0.05, 0) is 50.2 Å². The van der Waals surface area contributed by atoms with E-state index in [-0.39, 0.29) is 6.10 Å². The maximum Gasteiger partial charge on any atom is 0.194 e. The van der Waals surface area contributed by atoms with Crippen LogP contribution in [0.5, 0.6) is 5.75 Å². The largest absolute Gasteiger partial charge is 0.491 e. The minimum absolute atomic E-state index is 0.188. The summed E-state index contributed by atoms with van der Waals surface area (Å²) in [6.07, 6.45) is 2.94. The first-order valence-electron chi connectivity index (χ1n) is 7.10. The van der Waals surface area contributed by atoms with Crippen LogP contribution in [0.4, 0.5) is 0 Å². The fourth-order valence-corrected chi connectivity index (χ4v) is 3.26. The summed E-state index contributed by atoms with van der Waals surface area (Å²) < 4.78 is 7.88. The number of thiazole rings is 1. The fourth-order valence-electron chi connectivity index (χ4n) is 2.37. The zero-order valence-corrected chi connectivity index (χ0v) is 13.1. The summed E-state index contributed by atoms with van der Waals surface area (Å²) in [7, 11) is 0. The molecular formula is C16H19N3OS. The molecule has 0 aliphatic carbocycles. The predicted octanol–water partition coefficient (Wildman–Crippen LogP) is 3.35. The number of rotatable bonds is 5. The quantitative estimate of drug-likeness (QED) is 0.786. The van der Waals surface area contributed by atoms with Crippen molar-refractivity contribution in [1.82, 2.24) is 9.38 Å². The molecule has 0 saturated carbocycles. The van der Waals surface area contributed by atoms with Gasteiger partial charge in [0.15, 0.2) is 4.96 Å². The Hall–Kier alpha value is -1.85. The monoisotopic (exact) mass is 301 g/mol. The summed E-state index contributed by atoms with van der Waals surface area (Å²) in [6.45, 7) is 4.69. The Bertz CT molecular complexity index is 728. The SMILES string of the molecule is CC(C)Oc1ccc(-c2csc3ncc(CCN)n23)cc1. The van der Waals surface area contributed by atoms with Crippen molar-refractivity contribution in [2.45, 2.75) is 26.4 Å². The van der Waals surface area contributed by atoms with E-state index in [9.17, 15) is 0 Å². The summed E-state index contributed by atoms with van der Waals surface area (Å²) in [5, 5.41) is 2.14. The lowest BCUT2D eigenvalue weighted by Gasteiger charge is -2.10. The molecule has 110 valence electrons. The van der Waals surface area contributed by atoms with Crippen LogP contribution in [0.25, 0.3) is 16.2 Å². The van der Waals surface area contributed by atoms with Crippen LogP contribution < -0.4 is 10.5 Å². The fraction of sp³-hybridized carbons (Fsp3) is 0.312. The standard InChI is InChI=1S/C16H19N3OS/c1-11(2)20-14-5-3-12(4-6-14)15-10-21-16-18-9-13(7-8-17)19(15)16/h3-6,9-11H,7-8,17H2,1-2H3. The molecule has 0 spiro atoms. The van der Waals surface area contributed by atoms with Crippen molar-refractivity contribution in [1.29, 1.82) is 0 Å². The normalized spacial score (nSPS) is 11.4. The van der Waals surface area contributed by atoms with Gasteiger partial charge in [0.2, 0.25) is 0 Å². The second kappa shape index (κ2) is 5.87. The number of aromatic nitrogens is 2. The van der Waals surface area contributed by atoms with Gasteiger partial charge in [0.25, 0.3) is 0 Å². The third-order valence-electron chi connectivity index (χ3n) is 3.24. The zero-order valence-electron chi connectivity index (χ0n) is 12.2. The first-order valence-corrected chi connectivity index (χ1v) is 7.98. The summed E-state index contributed by atoms with van der Waals surface area (Å²) in [5.41, 5.74) is 9.16. The van der Waals surface area contributed by atoms with Crippen LogP contribution in [-0.4, -0.2) is 22.0 Å². The number of hydrogen-bond donors (Lipinski definition) is 1. The third kappa shape index (κ3) is 2.80. The third-order valence-corrected chi connectivity index (χ3v) is 4.08. The van der Waals surface area contributed by atoms with Crippen molar-refractivity contribution in [3.05, 3.63) is 41.5 Å². The van der Waals surface area contributed by atoms with E-state index in [0.717, 1.165) is 34.1 Å². The molecule has 3 aromatic rings. The molecule has 0 saturated heterocycles. The lowest BCUT2D eigenvalue weighted by molar-refractivity contribution is 0.242. The summed E-state index contributed by atoms with van der Waals surface area (Å²) in [4.78, 5) is 5.45. The van der Waals surface area contributed by atoms with Gasteiger partial charge in [0.1, 0.15) is 5.75 Å². The van der Waals surface area contributed by atoms with E-state index >= 15 is 0 Å². The molecule has 5 heteroatoms. The average molecular weight is 301 g/mol. The van der Waals surface area contributed by atoms with Gasteiger partial charge in [-0.25, -0.2) is 4.98 Å². The number of fused-ring (bicyclic) bond motifs is 1. The molecule has 0 amide bonds. The lowest BCUT2D eigenvalue weighted by atomic mass is 10.1. The second-order valence-corrected chi connectivity index (χ2v) is 6.05. The van der Waals surface area contributed by atoms with Crippen molar-refractivity contribution < 1.29 is 4.74 Å². The Kier molecular flexibility index (Phi) is 3.94. The van der Waals surface area contributed by atoms with Gasteiger partial charge in [0.05, 0.1) is 18.0 Å². The number of imidazole rings is 1. The van der Waals surface area contributed by atoms with Crippen LogP contribution in [0.1, 0.15) is 19.5 Å². The molecule has 0 bridgehead atoms. The molecule has 3 rings (SSSR count). The summed E-state index contributed by atoms with van der Waals surface area (Å²) >= 11 is 1.65. The van der Waals surface area contributed by atoms with Gasteiger partial charge in [-0.3, -0.25) is 4.40 Å². The van der Waals surface area contributed by atoms with Crippen LogP contribution in [0.15, 0.2) is 35.8 Å². The molecule has 0 atom stereocenters. The van der Waals surface area contributed by atoms with E-state index in [1.54, 1.807) is 11.3 Å².